The molecule has 1 amide bonds. The molecule has 0 spiro atoms. The van der Waals surface area contributed by atoms with Crippen LogP contribution in [0.4, 0.5) is 5.69 Å². The maximum atomic E-state index is 12.0. The lowest BCUT2D eigenvalue weighted by atomic mass is 9.96. The molecule has 1 saturated heterocycles. The zero-order valence-corrected chi connectivity index (χ0v) is 11.9. The molecule has 1 fully saturated rings. The first-order valence-corrected chi connectivity index (χ1v) is 7.23. The van der Waals surface area contributed by atoms with E-state index < -0.39 is 0 Å². The molecule has 1 heterocycles. The van der Waals surface area contributed by atoms with E-state index in [9.17, 15) is 4.79 Å². The summed E-state index contributed by atoms with van der Waals surface area (Å²) in [6, 6.07) is 9.02. The highest BCUT2D eigenvalue weighted by molar-refractivity contribution is 5.92. The second kappa shape index (κ2) is 7.06. The van der Waals surface area contributed by atoms with Gasteiger partial charge in [-0.3, -0.25) is 9.69 Å². The van der Waals surface area contributed by atoms with Crippen LogP contribution in [-0.2, 0) is 4.79 Å². The first kappa shape index (κ1) is 14.5. The van der Waals surface area contributed by atoms with E-state index in [0.717, 1.165) is 24.7 Å². The Hall–Kier alpha value is -1.86. The molecule has 106 valence electrons. The van der Waals surface area contributed by atoms with Crippen molar-refractivity contribution in [2.45, 2.75) is 26.2 Å². The largest absolute Gasteiger partial charge is 0.325 e. The zero-order valence-electron chi connectivity index (χ0n) is 11.9. The summed E-state index contributed by atoms with van der Waals surface area (Å²) in [7, 11) is 0. The average molecular weight is 271 g/mol. The van der Waals surface area contributed by atoms with Crippen LogP contribution in [0.2, 0.25) is 0 Å². The Balaban J connectivity index is 1.84. The van der Waals surface area contributed by atoms with Crippen LogP contribution in [0.5, 0.6) is 0 Å². The smallest absolute Gasteiger partial charge is 0.238 e. The Morgan fingerprint density at radius 1 is 1.45 bits per heavy atom. The predicted molar refractivity (Wildman–Crippen MR) is 79.2 cm³/mol. The fraction of sp³-hybridized carbons (Fsp3) is 0.500. The fourth-order valence-corrected chi connectivity index (χ4v) is 2.66. The number of rotatable bonds is 4. The number of nitrogens with zero attached hydrogens (tertiary/aromatic N) is 2. The molecule has 1 unspecified atom stereocenters. The van der Waals surface area contributed by atoms with E-state index in [1.165, 1.54) is 19.3 Å². The highest BCUT2D eigenvalue weighted by Crippen LogP contribution is 2.19. The van der Waals surface area contributed by atoms with Crippen molar-refractivity contribution < 1.29 is 4.79 Å². The molecule has 1 aliphatic heterocycles. The van der Waals surface area contributed by atoms with E-state index in [-0.39, 0.29) is 5.91 Å². The Kier molecular flexibility index (Phi) is 5.14. The minimum atomic E-state index is 0.0199. The number of nitriles is 1. The third-order valence-corrected chi connectivity index (χ3v) is 3.85. The number of amides is 1. The molecule has 1 N–H and O–H groups in total. The summed E-state index contributed by atoms with van der Waals surface area (Å²) in [5.74, 6) is 0.748. The van der Waals surface area contributed by atoms with E-state index in [1.807, 2.05) is 0 Å². The van der Waals surface area contributed by atoms with Gasteiger partial charge in [-0.05, 0) is 49.6 Å². The first-order valence-electron chi connectivity index (χ1n) is 7.23. The van der Waals surface area contributed by atoms with Gasteiger partial charge in [0.1, 0.15) is 0 Å². The van der Waals surface area contributed by atoms with Crippen LogP contribution in [-0.4, -0.2) is 30.4 Å². The molecule has 1 aliphatic rings. The normalized spacial score (nSPS) is 19.3. The van der Waals surface area contributed by atoms with E-state index in [1.54, 1.807) is 24.3 Å². The fourth-order valence-electron chi connectivity index (χ4n) is 2.66. The van der Waals surface area contributed by atoms with Gasteiger partial charge >= 0.3 is 0 Å². The quantitative estimate of drug-likeness (QED) is 0.915. The van der Waals surface area contributed by atoms with Crippen LogP contribution < -0.4 is 5.32 Å². The zero-order chi connectivity index (χ0) is 14.4. The molecule has 4 nitrogen and oxygen atoms in total. The molecule has 0 bridgehead atoms. The molecule has 0 aromatic heterocycles. The molecular weight excluding hydrogens is 250 g/mol. The van der Waals surface area contributed by atoms with Crippen molar-refractivity contribution in [1.82, 2.24) is 4.90 Å². The topological polar surface area (TPSA) is 56.1 Å². The van der Waals surface area contributed by atoms with Gasteiger partial charge in [-0.15, -0.1) is 0 Å². The molecule has 1 aromatic rings. The minimum Gasteiger partial charge on any atom is -0.325 e. The van der Waals surface area contributed by atoms with Gasteiger partial charge in [0.15, 0.2) is 0 Å². The number of piperidine rings is 1. The monoisotopic (exact) mass is 271 g/mol. The number of nitrogens with one attached hydrogen (secondary N) is 1. The SMILES string of the molecule is CCC1CCCN(CC(=O)Nc2ccc(C#N)cc2)C1. The van der Waals surface area contributed by atoms with Crippen LogP contribution in [0, 0.1) is 17.2 Å². The standard InChI is InChI=1S/C16H21N3O/c1-2-13-4-3-9-19(11-13)12-16(20)18-15-7-5-14(10-17)6-8-15/h5-8,13H,2-4,9,11-12H2,1H3,(H,18,20). The van der Waals surface area contributed by atoms with E-state index in [0.29, 0.717) is 12.1 Å². The molecule has 0 radical (unpaired) electrons. The lowest BCUT2D eigenvalue weighted by Gasteiger charge is -2.31. The van der Waals surface area contributed by atoms with Gasteiger partial charge < -0.3 is 5.32 Å². The van der Waals surface area contributed by atoms with Crippen LogP contribution in [0.3, 0.4) is 0 Å². The molecule has 2 rings (SSSR count). The van der Waals surface area contributed by atoms with Gasteiger partial charge in [-0.2, -0.15) is 5.26 Å². The van der Waals surface area contributed by atoms with Crippen molar-refractivity contribution in [3.63, 3.8) is 0 Å². The number of anilines is 1. The second-order valence-corrected chi connectivity index (χ2v) is 5.39. The molecule has 0 aliphatic carbocycles. The average Bonchev–Trinajstić information content (AvgIpc) is 2.48. The Labute approximate surface area is 120 Å². The van der Waals surface area contributed by atoms with Crippen LogP contribution in [0.15, 0.2) is 24.3 Å². The first-order chi connectivity index (χ1) is 9.71. The number of likely N-dealkylation sites (tertiary alicyclic amines) is 1. The second-order valence-electron chi connectivity index (χ2n) is 5.39. The molecule has 1 atom stereocenters. The Morgan fingerprint density at radius 2 is 2.20 bits per heavy atom. The molecule has 4 heteroatoms. The Bertz CT molecular complexity index is 489. The lowest BCUT2D eigenvalue weighted by molar-refractivity contribution is -0.117. The van der Waals surface area contributed by atoms with Gasteiger partial charge in [0, 0.05) is 12.2 Å². The maximum absolute atomic E-state index is 12.0. The number of carbonyl (C=O) groups is 1. The summed E-state index contributed by atoms with van der Waals surface area (Å²) in [6.07, 6.45) is 3.65. The van der Waals surface area contributed by atoms with Gasteiger partial charge in [0.2, 0.25) is 5.91 Å². The van der Waals surface area contributed by atoms with Gasteiger partial charge in [0.05, 0.1) is 18.2 Å². The molecule has 20 heavy (non-hydrogen) atoms. The highest BCUT2D eigenvalue weighted by Gasteiger charge is 2.20. The molecule has 0 saturated carbocycles. The van der Waals surface area contributed by atoms with Crippen molar-refractivity contribution in [3.8, 4) is 6.07 Å². The summed E-state index contributed by atoms with van der Waals surface area (Å²) in [4.78, 5) is 14.2. The van der Waals surface area contributed by atoms with Crippen molar-refractivity contribution in [3.05, 3.63) is 29.8 Å². The van der Waals surface area contributed by atoms with Crippen LogP contribution in [0.25, 0.3) is 0 Å². The van der Waals surface area contributed by atoms with Crippen molar-refractivity contribution in [2.75, 3.05) is 25.0 Å². The van der Waals surface area contributed by atoms with E-state index in [4.69, 9.17) is 5.26 Å². The van der Waals surface area contributed by atoms with Crippen LogP contribution in [0.1, 0.15) is 31.7 Å². The number of hydrogen-bond acceptors (Lipinski definition) is 3. The number of hydrogen-bond donors (Lipinski definition) is 1. The van der Waals surface area contributed by atoms with Crippen molar-refractivity contribution in [2.24, 2.45) is 5.92 Å². The van der Waals surface area contributed by atoms with Gasteiger partial charge in [0.25, 0.3) is 0 Å². The maximum Gasteiger partial charge on any atom is 0.238 e. The lowest BCUT2D eigenvalue weighted by Crippen LogP contribution is -2.40. The summed E-state index contributed by atoms with van der Waals surface area (Å²) in [5, 5.41) is 11.6. The van der Waals surface area contributed by atoms with Crippen molar-refractivity contribution >= 4 is 11.6 Å². The van der Waals surface area contributed by atoms with Crippen LogP contribution >= 0.6 is 0 Å². The third kappa shape index (κ3) is 4.07. The van der Waals surface area contributed by atoms with E-state index in [2.05, 4.69) is 23.2 Å². The summed E-state index contributed by atoms with van der Waals surface area (Å²) >= 11 is 0. The van der Waals surface area contributed by atoms with Gasteiger partial charge in [-0.25, -0.2) is 0 Å². The highest BCUT2D eigenvalue weighted by atomic mass is 16.2. The number of benzene rings is 1. The third-order valence-electron chi connectivity index (χ3n) is 3.85. The number of carbonyl (C=O) groups excluding carboxylic acids is 1. The minimum absolute atomic E-state index is 0.0199. The summed E-state index contributed by atoms with van der Waals surface area (Å²) in [6.45, 7) is 4.70. The predicted octanol–water partition coefficient (Wildman–Crippen LogP) is 2.62. The summed E-state index contributed by atoms with van der Waals surface area (Å²) in [5.41, 5.74) is 1.35. The summed E-state index contributed by atoms with van der Waals surface area (Å²) < 4.78 is 0. The van der Waals surface area contributed by atoms with Gasteiger partial charge in [-0.1, -0.05) is 13.3 Å². The Morgan fingerprint density at radius 3 is 2.85 bits per heavy atom. The molecular formula is C16H21N3O. The van der Waals surface area contributed by atoms with E-state index >= 15 is 0 Å². The van der Waals surface area contributed by atoms with Crippen molar-refractivity contribution in [1.29, 1.82) is 5.26 Å². The molecule has 1 aromatic carbocycles.